The first-order valence-electron chi connectivity index (χ1n) is 5.46. The summed E-state index contributed by atoms with van der Waals surface area (Å²) in [6, 6.07) is 3.64. The quantitative estimate of drug-likeness (QED) is 0.869. The van der Waals surface area contributed by atoms with Crippen LogP contribution in [0.15, 0.2) is 29.2 Å². The first kappa shape index (κ1) is 14.6. The smallest absolute Gasteiger partial charge is 0.207 e. The van der Waals surface area contributed by atoms with Gasteiger partial charge in [0.05, 0.1) is 10.5 Å². The van der Waals surface area contributed by atoms with Gasteiger partial charge in [-0.25, -0.2) is 13.1 Å². The molecule has 8 heteroatoms. The lowest BCUT2D eigenvalue weighted by Crippen LogP contribution is -2.38. The van der Waals surface area contributed by atoms with Gasteiger partial charge in [0.2, 0.25) is 10.0 Å². The summed E-state index contributed by atoms with van der Waals surface area (Å²) in [5.74, 6) is 0.102. The first-order chi connectivity index (χ1) is 8.69. The minimum absolute atomic E-state index is 0.102. The van der Waals surface area contributed by atoms with Gasteiger partial charge < -0.3 is 0 Å². The fourth-order valence-electron chi connectivity index (χ4n) is 1.60. The lowest BCUT2D eigenvalue weighted by Gasteiger charge is -2.15. The molecule has 1 aliphatic carbocycles. The third kappa shape index (κ3) is 3.21. The van der Waals surface area contributed by atoms with Gasteiger partial charge in [0, 0.05) is 11.4 Å². The van der Waals surface area contributed by atoms with Crippen LogP contribution in [0.3, 0.4) is 0 Å². The summed E-state index contributed by atoms with van der Waals surface area (Å²) < 4.78 is 63.9. The second-order valence-electron chi connectivity index (χ2n) is 4.55. The minimum atomic E-state index is -4.57. The Morgan fingerprint density at radius 1 is 1.32 bits per heavy atom. The van der Waals surface area contributed by atoms with Gasteiger partial charge >= 0.3 is 6.18 Å². The number of sulfonamides is 1. The van der Waals surface area contributed by atoms with E-state index in [0.717, 1.165) is 18.2 Å². The molecule has 0 aliphatic heterocycles. The van der Waals surface area contributed by atoms with Crippen LogP contribution < -0.4 is 4.72 Å². The van der Waals surface area contributed by atoms with Crippen LogP contribution in [-0.2, 0) is 16.2 Å². The standard InChI is InChI=1S/C11H11ClF3NO2S/c12-7-10(4-5-10)16-19(17,18)9-3-1-2-8(6-9)11(13,14)15/h1-3,6,16H,4-5,7H2. The zero-order chi connectivity index (χ0) is 14.3. The fourth-order valence-corrected chi connectivity index (χ4v) is 3.51. The monoisotopic (exact) mass is 313 g/mol. The van der Waals surface area contributed by atoms with Gasteiger partial charge in [0.25, 0.3) is 0 Å². The maximum absolute atomic E-state index is 12.5. The van der Waals surface area contributed by atoms with E-state index in [1.54, 1.807) is 0 Å². The molecule has 0 radical (unpaired) electrons. The molecule has 0 unspecified atom stereocenters. The third-order valence-electron chi connectivity index (χ3n) is 2.93. The molecule has 0 atom stereocenters. The second kappa shape index (κ2) is 4.64. The Morgan fingerprint density at radius 2 is 1.95 bits per heavy atom. The summed E-state index contributed by atoms with van der Waals surface area (Å²) in [5.41, 5.74) is -1.69. The van der Waals surface area contributed by atoms with E-state index < -0.39 is 32.2 Å². The number of nitrogens with one attached hydrogen (secondary N) is 1. The van der Waals surface area contributed by atoms with Crippen LogP contribution in [0.25, 0.3) is 0 Å². The molecule has 1 saturated carbocycles. The van der Waals surface area contributed by atoms with Gasteiger partial charge in [-0.05, 0) is 31.0 Å². The van der Waals surface area contributed by atoms with Crippen LogP contribution in [0.1, 0.15) is 18.4 Å². The van der Waals surface area contributed by atoms with Crippen LogP contribution >= 0.6 is 11.6 Å². The van der Waals surface area contributed by atoms with Crippen LogP contribution in [-0.4, -0.2) is 19.8 Å². The van der Waals surface area contributed by atoms with Crippen molar-refractivity contribution < 1.29 is 21.6 Å². The van der Waals surface area contributed by atoms with Crippen molar-refractivity contribution in [2.45, 2.75) is 29.5 Å². The average molecular weight is 314 g/mol. The molecule has 1 N–H and O–H groups in total. The fraction of sp³-hybridized carbons (Fsp3) is 0.455. The Balaban J connectivity index is 2.31. The van der Waals surface area contributed by atoms with Crippen LogP contribution in [0, 0.1) is 0 Å². The summed E-state index contributed by atoms with van der Waals surface area (Å²) in [6.07, 6.45) is -3.39. The maximum atomic E-state index is 12.5. The lowest BCUT2D eigenvalue weighted by atomic mass is 10.2. The highest BCUT2D eigenvalue weighted by atomic mass is 35.5. The van der Waals surface area contributed by atoms with E-state index in [1.807, 2.05) is 0 Å². The summed E-state index contributed by atoms with van der Waals surface area (Å²) in [6.45, 7) is 0. The predicted octanol–water partition coefficient (Wildman–Crippen LogP) is 2.76. The zero-order valence-electron chi connectivity index (χ0n) is 9.67. The highest BCUT2D eigenvalue weighted by Gasteiger charge is 2.45. The van der Waals surface area contributed by atoms with E-state index in [4.69, 9.17) is 11.6 Å². The molecule has 1 aromatic rings. The van der Waals surface area contributed by atoms with Gasteiger partial charge in [0.1, 0.15) is 0 Å². The molecule has 19 heavy (non-hydrogen) atoms. The Kier molecular flexibility index (Phi) is 3.57. The molecule has 1 aliphatic rings. The molecule has 0 amide bonds. The van der Waals surface area contributed by atoms with Gasteiger partial charge in [-0.1, -0.05) is 6.07 Å². The normalized spacial score (nSPS) is 18.3. The Labute approximate surface area is 113 Å². The maximum Gasteiger partial charge on any atom is 0.416 e. The molecule has 2 rings (SSSR count). The van der Waals surface area contributed by atoms with Crippen LogP contribution in [0.2, 0.25) is 0 Å². The van der Waals surface area contributed by atoms with Gasteiger partial charge in [-0.3, -0.25) is 0 Å². The van der Waals surface area contributed by atoms with Gasteiger partial charge in [-0.15, -0.1) is 11.6 Å². The number of halogens is 4. The molecule has 0 aromatic heterocycles. The topological polar surface area (TPSA) is 46.2 Å². The highest BCUT2D eigenvalue weighted by Crippen LogP contribution is 2.38. The SMILES string of the molecule is O=S(=O)(NC1(CCl)CC1)c1cccc(C(F)(F)F)c1. The van der Waals surface area contributed by atoms with Crippen molar-refractivity contribution in [2.24, 2.45) is 0 Å². The molecule has 3 nitrogen and oxygen atoms in total. The predicted molar refractivity (Wildman–Crippen MR) is 64.5 cm³/mol. The minimum Gasteiger partial charge on any atom is -0.207 e. The summed E-state index contributed by atoms with van der Waals surface area (Å²) in [5, 5.41) is 0. The van der Waals surface area contributed by atoms with Gasteiger partial charge in [-0.2, -0.15) is 13.2 Å². The van der Waals surface area contributed by atoms with Crippen LogP contribution in [0.4, 0.5) is 13.2 Å². The summed E-state index contributed by atoms with van der Waals surface area (Å²) in [4.78, 5) is -0.404. The summed E-state index contributed by atoms with van der Waals surface area (Å²) in [7, 11) is -3.98. The number of hydrogen-bond donors (Lipinski definition) is 1. The second-order valence-corrected chi connectivity index (χ2v) is 6.49. The van der Waals surface area contributed by atoms with E-state index in [1.165, 1.54) is 0 Å². The van der Waals surface area contributed by atoms with Crippen molar-refractivity contribution in [3.8, 4) is 0 Å². The summed E-state index contributed by atoms with van der Waals surface area (Å²) >= 11 is 5.65. The van der Waals surface area contributed by atoms with E-state index in [0.29, 0.717) is 18.9 Å². The Bertz CT molecular complexity index is 582. The van der Waals surface area contributed by atoms with E-state index in [-0.39, 0.29) is 5.88 Å². The molecule has 106 valence electrons. The van der Waals surface area contributed by atoms with Crippen molar-refractivity contribution in [1.29, 1.82) is 0 Å². The lowest BCUT2D eigenvalue weighted by molar-refractivity contribution is -0.137. The molecule has 1 aromatic carbocycles. The van der Waals surface area contributed by atoms with Crippen molar-refractivity contribution in [3.05, 3.63) is 29.8 Å². The first-order valence-corrected chi connectivity index (χ1v) is 7.48. The van der Waals surface area contributed by atoms with E-state index in [2.05, 4.69) is 4.72 Å². The van der Waals surface area contributed by atoms with E-state index in [9.17, 15) is 21.6 Å². The molecular formula is C11H11ClF3NO2S. The number of benzene rings is 1. The van der Waals surface area contributed by atoms with Crippen molar-refractivity contribution in [2.75, 3.05) is 5.88 Å². The third-order valence-corrected chi connectivity index (χ3v) is 5.02. The molecule has 0 spiro atoms. The molecule has 1 fully saturated rings. The highest BCUT2D eigenvalue weighted by molar-refractivity contribution is 7.89. The van der Waals surface area contributed by atoms with Crippen molar-refractivity contribution >= 4 is 21.6 Å². The van der Waals surface area contributed by atoms with Crippen molar-refractivity contribution in [3.63, 3.8) is 0 Å². The number of hydrogen-bond acceptors (Lipinski definition) is 2. The number of rotatable bonds is 4. The van der Waals surface area contributed by atoms with Gasteiger partial charge in [0.15, 0.2) is 0 Å². The largest absolute Gasteiger partial charge is 0.416 e. The zero-order valence-corrected chi connectivity index (χ0v) is 11.2. The molecule has 0 saturated heterocycles. The van der Waals surface area contributed by atoms with E-state index >= 15 is 0 Å². The molecule has 0 heterocycles. The Hall–Kier alpha value is -0.790. The Morgan fingerprint density at radius 3 is 2.42 bits per heavy atom. The van der Waals surface area contributed by atoms with Crippen LogP contribution in [0.5, 0.6) is 0 Å². The number of alkyl halides is 4. The van der Waals surface area contributed by atoms with Crippen molar-refractivity contribution in [1.82, 2.24) is 4.72 Å². The average Bonchev–Trinajstić information content (AvgIpc) is 3.08. The molecule has 0 bridgehead atoms. The molecular weight excluding hydrogens is 303 g/mol.